The molecule has 98 valence electrons. The van der Waals surface area contributed by atoms with E-state index in [0.717, 1.165) is 24.5 Å². The van der Waals surface area contributed by atoms with Gasteiger partial charge in [-0.15, -0.1) is 11.3 Å². The summed E-state index contributed by atoms with van der Waals surface area (Å²) in [6.45, 7) is 0.738. The van der Waals surface area contributed by atoms with Crippen LogP contribution in [0.1, 0.15) is 5.56 Å². The Balaban J connectivity index is 1.88. The molecule has 0 bridgehead atoms. The lowest BCUT2D eigenvalue weighted by Crippen LogP contribution is -1.97. The molecule has 1 aliphatic heterocycles. The SMILES string of the molecule is c1ccc(-c2cc3c(s2)-c2ccccc2OCC3)nc1. The van der Waals surface area contributed by atoms with Crippen LogP contribution in [-0.4, -0.2) is 11.6 Å². The summed E-state index contributed by atoms with van der Waals surface area (Å²) in [5.41, 5.74) is 3.61. The molecule has 0 spiro atoms. The number of thiophene rings is 1. The van der Waals surface area contributed by atoms with Crippen LogP contribution in [0.15, 0.2) is 54.7 Å². The number of fused-ring (bicyclic) bond motifs is 3. The van der Waals surface area contributed by atoms with Crippen LogP contribution < -0.4 is 4.74 Å². The molecule has 1 aliphatic rings. The third kappa shape index (κ3) is 1.91. The Hall–Kier alpha value is -2.13. The van der Waals surface area contributed by atoms with E-state index in [2.05, 4.69) is 29.2 Å². The highest BCUT2D eigenvalue weighted by molar-refractivity contribution is 7.19. The molecule has 3 heteroatoms. The standard InChI is InChI=1S/C17H13NOS/c1-2-7-15-13(5-1)17-12(8-10-19-15)11-16(20-17)14-6-3-4-9-18-14/h1-7,9,11H,8,10H2. The number of hydrogen-bond donors (Lipinski definition) is 0. The fourth-order valence-electron chi connectivity index (χ4n) is 2.53. The Morgan fingerprint density at radius 2 is 1.95 bits per heavy atom. The Morgan fingerprint density at radius 1 is 1.05 bits per heavy atom. The van der Waals surface area contributed by atoms with Gasteiger partial charge >= 0.3 is 0 Å². The van der Waals surface area contributed by atoms with Gasteiger partial charge in [0.05, 0.1) is 17.2 Å². The molecular weight excluding hydrogens is 266 g/mol. The second-order valence-corrected chi connectivity index (χ2v) is 5.83. The smallest absolute Gasteiger partial charge is 0.127 e. The maximum atomic E-state index is 5.83. The zero-order chi connectivity index (χ0) is 13.4. The van der Waals surface area contributed by atoms with Gasteiger partial charge in [0.2, 0.25) is 0 Å². The first-order valence-corrected chi connectivity index (χ1v) is 7.50. The Bertz CT molecular complexity index is 749. The summed E-state index contributed by atoms with van der Waals surface area (Å²) in [5.74, 6) is 0.987. The maximum absolute atomic E-state index is 5.83. The van der Waals surface area contributed by atoms with Crippen molar-refractivity contribution in [1.29, 1.82) is 0 Å². The van der Waals surface area contributed by atoms with Crippen molar-refractivity contribution in [3.63, 3.8) is 0 Å². The lowest BCUT2D eigenvalue weighted by Gasteiger charge is -2.05. The molecule has 0 atom stereocenters. The minimum atomic E-state index is 0.738. The molecule has 0 unspecified atom stereocenters. The van der Waals surface area contributed by atoms with Crippen molar-refractivity contribution in [2.45, 2.75) is 6.42 Å². The maximum Gasteiger partial charge on any atom is 0.127 e. The Kier molecular flexibility index (Phi) is 2.78. The minimum absolute atomic E-state index is 0.738. The molecule has 0 amide bonds. The van der Waals surface area contributed by atoms with Crippen LogP contribution in [0.5, 0.6) is 5.75 Å². The molecule has 3 heterocycles. The molecule has 2 nitrogen and oxygen atoms in total. The van der Waals surface area contributed by atoms with Crippen LogP contribution in [0.25, 0.3) is 21.0 Å². The first-order chi connectivity index (χ1) is 9.92. The van der Waals surface area contributed by atoms with Crippen LogP contribution in [0.4, 0.5) is 0 Å². The van der Waals surface area contributed by atoms with E-state index >= 15 is 0 Å². The topological polar surface area (TPSA) is 22.1 Å². The number of nitrogens with zero attached hydrogens (tertiary/aromatic N) is 1. The van der Waals surface area contributed by atoms with Gasteiger partial charge in [0.15, 0.2) is 0 Å². The molecule has 0 N–H and O–H groups in total. The summed E-state index contributed by atoms with van der Waals surface area (Å²) in [5, 5.41) is 0. The third-order valence-electron chi connectivity index (χ3n) is 3.49. The van der Waals surface area contributed by atoms with E-state index in [9.17, 15) is 0 Å². The molecule has 0 fully saturated rings. The first-order valence-electron chi connectivity index (χ1n) is 6.68. The van der Waals surface area contributed by atoms with Crippen molar-refractivity contribution in [1.82, 2.24) is 4.98 Å². The third-order valence-corrected chi connectivity index (χ3v) is 4.72. The van der Waals surface area contributed by atoms with Crippen LogP contribution in [0.3, 0.4) is 0 Å². The van der Waals surface area contributed by atoms with Gasteiger partial charge in [-0.05, 0) is 35.9 Å². The van der Waals surface area contributed by atoms with Gasteiger partial charge in [-0.25, -0.2) is 0 Å². The average Bonchev–Trinajstić information content (AvgIpc) is 2.85. The predicted molar refractivity (Wildman–Crippen MR) is 82.2 cm³/mol. The fourth-order valence-corrected chi connectivity index (χ4v) is 3.75. The van der Waals surface area contributed by atoms with Gasteiger partial charge in [-0.1, -0.05) is 18.2 Å². The van der Waals surface area contributed by atoms with E-state index < -0.39 is 0 Å². The van der Waals surface area contributed by atoms with E-state index in [1.807, 2.05) is 30.5 Å². The van der Waals surface area contributed by atoms with Crippen molar-refractivity contribution in [2.24, 2.45) is 0 Å². The molecule has 4 rings (SSSR count). The number of aromatic nitrogens is 1. The van der Waals surface area contributed by atoms with Gasteiger partial charge in [0, 0.05) is 23.1 Å². The zero-order valence-corrected chi connectivity index (χ0v) is 11.7. The zero-order valence-electron chi connectivity index (χ0n) is 10.9. The van der Waals surface area contributed by atoms with Crippen LogP contribution in [0.2, 0.25) is 0 Å². The molecule has 3 aromatic rings. The van der Waals surface area contributed by atoms with Gasteiger partial charge in [0.1, 0.15) is 5.75 Å². The summed E-state index contributed by atoms with van der Waals surface area (Å²) < 4.78 is 5.83. The normalized spacial score (nSPS) is 13.0. The molecular formula is C17H13NOS. The quantitative estimate of drug-likeness (QED) is 0.658. The lowest BCUT2D eigenvalue weighted by molar-refractivity contribution is 0.326. The number of benzene rings is 1. The second-order valence-electron chi connectivity index (χ2n) is 4.77. The van der Waals surface area contributed by atoms with Gasteiger partial charge < -0.3 is 4.74 Å². The summed E-state index contributed by atoms with van der Waals surface area (Å²) in [7, 11) is 0. The highest BCUT2D eigenvalue weighted by Gasteiger charge is 2.18. The van der Waals surface area contributed by atoms with Gasteiger partial charge in [-0.2, -0.15) is 0 Å². The van der Waals surface area contributed by atoms with E-state index in [0.29, 0.717) is 0 Å². The van der Waals surface area contributed by atoms with Crippen molar-refractivity contribution in [3.8, 4) is 26.8 Å². The number of para-hydroxylation sites is 1. The molecule has 0 saturated carbocycles. The molecule has 2 aromatic heterocycles. The number of ether oxygens (including phenoxy) is 1. The second kappa shape index (κ2) is 4.76. The van der Waals surface area contributed by atoms with E-state index in [-0.39, 0.29) is 0 Å². The molecule has 0 radical (unpaired) electrons. The van der Waals surface area contributed by atoms with Crippen LogP contribution in [0, 0.1) is 0 Å². The first kappa shape index (κ1) is 11.7. The number of rotatable bonds is 1. The molecule has 20 heavy (non-hydrogen) atoms. The highest BCUT2D eigenvalue weighted by Crippen LogP contribution is 2.43. The Morgan fingerprint density at radius 3 is 2.85 bits per heavy atom. The summed E-state index contributed by atoms with van der Waals surface area (Å²) >= 11 is 1.80. The van der Waals surface area contributed by atoms with Crippen molar-refractivity contribution < 1.29 is 4.74 Å². The summed E-state index contributed by atoms with van der Waals surface area (Å²) in [4.78, 5) is 7.00. The van der Waals surface area contributed by atoms with Crippen molar-refractivity contribution in [2.75, 3.05) is 6.61 Å². The summed E-state index contributed by atoms with van der Waals surface area (Å²) in [6.07, 6.45) is 2.80. The lowest BCUT2D eigenvalue weighted by atomic mass is 10.1. The monoisotopic (exact) mass is 279 g/mol. The van der Waals surface area contributed by atoms with Crippen LogP contribution in [-0.2, 0) is 6.42 Å². The molecule has 0 aliphatic carbocycles. The van der Waals surface area contributed by atoms with E-state index in [1.165, 1.54) is 20.9 Å². The summed E-state index contributed by atoms with van der Waals surface area (Å²) in [6, 6.07) is 16.6. The molecule has 1 aromatic carbocycles. The highest BCUT2D eigenvalue weighted by atomic mass is 32.1. The molecule has 0 saturated heterocycles. The van der Waals surface area contributed by atoms with E-state index in [1.54, 1.807) is 11.3 Å². The minimum Gasteiger partial charge on any atom is -0.493 e. The van der Waals surface area contributed by atoms with Gasteiger partial charge in [-0.3, -0.25) is 4.98 Å². The predicted octanol–water partition coefficient (Wildman–Crippen LogP) is 4.41. The number of pyridine rings is 1. The van der Waals surface area contributed by atoms with Gasteiger partial charge in [0.25, 0.3) is 0 Å². The average molecular weight is 279 g/mol. The van der Waals surface area contributed by atoms with E-state index in [4.69, 9.17) is 4.74 Å². The Labute approximate surface area is 121 Å². The van der Waals surface area contributed by atoms with Crippen molar-refractivity contribution >= 4 is 11.3 Å². The van der Waals surface area contributed by atoms with Crippen molar-refractivity contribution in [3.05, 3.63) is 60.3 Å². The fraction of sp³-hybridized carbons (Fsp3) is 0.118. The van der Waals surface area contributed by atoms with Crippen LogP contribution >= 0.6 is 11.3 Å². The largest absolute Gasteiger partial charge is 0.493 e. The number of hydrogen-bond acceptors (Lipinski definition) is 3.